The Bertz CT molecular complexity index is 962. The monoisotopic (exact) mass is 482 g/mol. The third kappa shape index (κ3) is 9.70. The van der Waals surface area contributed by atoms with E-state index in [9.17, 15) is 20.6 Å². The van der Waals surface area contributed by atoms with E-state index in [0.29, 0.717) is 18.7 Å². The van der Waals surface area contributed by atoms with Crippen molar-refractivity contribution in [1.29, 1.82) is 0 Å². The number of aromatic nitrogens is 2. The maximum Gasteiger partial charge on any atom is 2.00 e. The Morgan fingerprint density at radius 2 is 1.24 bits per heavy atom. The summed E-state index contributed by atoms with van der Waals surface area (Å²) in [5.74, 6) is 0.429. The number of benzene rings is 1. The van der Waals surface area contributed by atoms with Crippen molar-refractivity contribution in [2.45, 2.75) is 26.2 Å². The van der Waals surface area contributed by atoms with E-state index in [2.05, 4.69) is 24.4 Å². The maximum absolute atomic E-state index is 10.4. The van der Waals surface area contributed by atoms with Gasteiger partial charge in [-0.25, -0.2) is 0 Å². The molecule has 0 radical (unpaired) electrons. The van der Waals surface area contributed by atoms with E-state index in [1.165, 1.54) is 24.5 Å². The van der Waals surface area contributed by atoms with E-state index in [1.54, 1.807) is 42.5 Å². The van der Waals surface area contributed by atoms with Gasteiger partial charge in [0.1, 0.15) is 20.8 Å². The van der Waals surface area contributed by atoms with Crippen LogP contribution in [0.1, 0.15) is 26.3 Å². The van der Waals surface area contributed by atoms with Gasteiger partial charge in [0.25, 0.3) is 0 Å². The van der Waals surface area contributed by atoms with E-state index >= 15 is 0 Å². The summed E-state index contributed by atoms with van der Waals surface area (Å²) in [6, 6.07) is 14.5. The van der Waals surface area contributed by atoms with Crippen LogP contribution in [0, 0.1) is 19.7 Å². The Hall–Kier alpha value is -2.22. The van der Waals surface area contributed by atoms with Gasteiger partial charge in [0.2, 0.25) is 0 Å². The molecule has 0 amide bonds. The molecule has 0 fully saturated rings. The van der Waals surface area contributed by atoms with Crippen LogP contribution >= 0.6 is 24.4 Å². The molecule has 0 saturated carbocycles. The van der Waals surface area contributed by atoms with Crippen molar-refractivity contribution in [2.75, 3.05) is 0 Å². The predicted octanol–water partition coefficient (Wildman–Crippen LogP) is 5.52. The second-order valence-electron chi connectivity index (χ2n) is 6.68. The van der Waals surface area contributed by atoms with Crippen LogP contribution in [0.3, 0.4) is 0 Å². The number of nitrogens with zero attached hydrogens (tertiary/aromatic N) is 2. The van der Waals surface area contributed by atoms with E-state index < -0.39 is 0 Å². The summed E-state index contributed by atoms with van der Waals surface area (Å²) in [7, 11) is 0. The van der Waals surface area contributed by atoms with Crippen LogP contribution in [0.25, 0.3) is 0 Å². The Labute approximate surface area is 193 Å². The summed E-state index contributed by atoms with van der Waals surface area (Å²) in [6.45, 7) is 5.96. The molecule has 2 N–H and O–H groups in total. The quantitative estimate of drug-likeness (QED) is 0.248. The Morgan fingerprint density at radius 3 is 1.52 bits per heavy atom. The predicted molar refractivity (Wildman–Crippen MR) is 117 cm³/mol. The molecule has 3 aromatic rings. The minimum atomic E-state index is -0.136. The van der Waals surface area contributed by atoms with Crippen LogP contribution in [0.5, 0.6) is 11.5 Å². The van der Waals surface area contributed by atoms with Gasteiger partial charge in [-0.05, 0) is 60.3 Å². The number of aromatic hydroxyl groups is 2. The molecule has 2 aromatic heterocycles. The van der Waals surface area contributed by atoms with Crippen molar-refractivity contribution < 1.29 is 29.7 Å². The van der Waals surface area contributed by atoms with Crippen LogP contribution in [-0.2, 0) is 24.9 Å². The van der Waals surface area contributed by atoms with Crippen LogP contribution in [0.15, 0.2) is 67.0 Å². The van der Waals surface area contributed by atoms with Gasteiger partial charge in [-0.15, -0.1) is 0 Å². The van der Waals surface area contributed by atoms with Crippen LogP contribution in [0.2, 0.25) is 0 Å². The van der Waals surface area contributed by atoms with Gasteiger partial charge in [-0.3, -0.25) is 0 Å². The fraction of sp³-hybridized carbons (Fsp3) is 0.200. The minimum Gasteiger partial charge on any atom is -0.805 e. The summed E-state index contributed by atoms with van der Waals surface area (Å²) in [5.41, 5.74) is 0.630. The second-order valence-corrected chi connectivity index (χ2v) is 7.52. The first-order chi connectivity index (χ1) is 13.0. The number of pyridine rings is 2. The fourth-order valence-electron chi connectivity index (χ4n) is 1.95. The first-order valence-corrected chi connectivity index (χ1v) is 9.07. The molecular formula is C20H22N2O4S2Zn. The van der Waals surface area contributed by atoms with Crippen molar-refractivity contribution >= 4 is 24.4 Å². The molecule has 29 heavy (non-hydrogen) atoms. The van der Waals surface area contributed by atoms with Gasteiger partial charge in [0.15, 0.2) is 0 Å². The zero-order valence-corrected chi connectivity index (χ0v) is 21.1. The van der Waals surface area contributed by atoms with Crippen LogP contribution in [0.4, 0.5) is 0 Å². The van der Waals surface area contributed by atoms with Gasteiger partial charge < -0.3 is 30.1 Å². The summed E-state index contributed by atoms with van der Waals surface area (Å²) >= 11 is 9.21. The fourth-order valence-corrected chi connectivity index (χ4v) is 2.23. The minimum absolute atomic E-state index is 0. The summed E-state index contributed by atoms with van der Waals surface area (Å²) in [5, 5.41) is 39.5. The number of phenols is 2. The average molecular weight is 484 g/mol. The number of rotatable bonds is 0. The smallest absolute Gasteiger partial charge is 0.805 e. The molecule has 0 aliphatic heterocycles. The number of hydrogen-bond acceptors (Lipinski definition) is 6. The van der Waals surface area contributed by atoms with Crippen molar-refractivity contribution in [3.63, 3.8) is 0 Å². The van der Waals surface area contributed by atoms with E-state index in [0.717, 1.165) is 5.56 Å². The Kier molecular flexibility index (Phi) is 11.4. The van der Waals surface area contributed by atoms with Gasteiger partial charge in [0.05, 0.1) is 0 Å². The summed E-state index contributed by atoms with van der Waals surface area (Å²) < 4.78 is 1.92. The molecule has 0 bridgehead atoms. The largest absolute Gasteiger partial charge is 2.00 e. The zero-order chi connectivity index (χ0) is 21.3. The molecule has 6 nitrogen and oxygen atoms in total. The molecule has 0 saturated heterocycles. The summed E-state index contributed by atoms with van der Waals surface area (Å²) in [6.07, 6.45) is 2.75. The topological polar surface area (TPSA) is 96.4 Å². The first kappa shape index (κ1) is 26.8. The van der Waals surface area contributed by atoms with Gasteiger partial charge in [-0.2, -0.15) is 0 Å². The van der Waals surface area contributed by atoms with Crippen LogP contribution < -0.4 is 0 Å². The molecule has 0 spiro atoms. The molecule has 9 heteroatoms. The Balaban J connectivity index is 0.000000411. The second kappa shape index (κ2) is 12.4. The van der Waals surface area contributed by atoms with Gasteiger partial charge in [0, 0.05) is 5.56 Å². The SMILES string of the molecule is CC(C)(C)c1cc(O)ccc1O.[O-]n1ccccc1=S.[O-]n1ccccc1=S.[Zn+2]. The van der Waals surface area contributed by atoms with Gasteiger partial charge >= 0.3 is 19.5 Å². The number of hydrogen-bond donors (Lipinski definition) is 2. The molecular weight excluding hydrogens is 462 g/mol. The van der Waals surface area contributed by atoms with Crippen molar-refractivity contribution in [2.24, 2.45) is 0 Å². The Morgan fingerprint density at radius 1 is 0.793 bits per heavy atom. The van der Waals surface area contributed by atoms with Gasteiger partial charge in [-0.1, -0.05) is 57.3 Å². The molecule has 0 atom stereocenters. The maximum atomic E-state index is 10.4. The normalized spacial score (nSPS) is 9.76. The number of phenolic OH excluding ortho intramolecular Hbond substituents is 2. The molecule has 0 unspecified atom stereocenters. The third-order valence-corrected chi connectivity index (χ3v) is 4.00. The standard InChI is InChI=1S/C10H14O2.2C5H4NOS.Zn/c1-10(2,3)8-6-7(11)4-5-9(8)12;2*7-6-4-2-1-3-5(6)8;/h4-6,11-12H,1-3H3;2*1-4H;/q;2*-1;+2. The zero-order valence-electron chi connectivity index (χ0n) is 16.5. The third-order valence-electron chi connectivity index (χ3n) is 3.37. The van der Waals surface area contributed by atoms with Crippen molar-refractivity contribution in [3.8, 4) is 11.5 Å². The molecule has 0 aliphatic carbocycles. The van der Waals surface area contributed by atoms with E-state index in [4.69, 9.17) is 0 Å². The average Bonchev–Trinajstić information content (AvgIpc) is 2.62. The summed E-state index contributed by atoms with van der Waals surface area (Å²) in [4.78, 5) is 0. The van der Waals surface area contributed by atoms with Crippen LogP contribution in [-0.4, -0.2) is 19.7 Å². The van der Waals surface area contributed by atoms with Crippen molar-refractivity contribution in [3.05, 3.63) is 92.3 Å². The molecule has 2 heterocycles. The first-order valence-electron chi connectivity index (χ1n) is 8.25. The molecule has 150 valence electrons. The molecule has 1 aromatic carbocycles. The van der Waals surface area contributed by atoms with E-state index in [1.807, 2.05) is 20.8 Å². The molecule has 3 rings (SSSR count). The van der Waals surface area contributed by atoms with E-state index in [-0.39, 0.29) is 36.4 Å². The van der Waals surface area contributed by atoms with Crippen molar-refractivity contribution in [1.82, 2.24) is 9.46 Å². The molecule has 0 aliphatic rings.